The van der Waals surface area contributed by atoms with Crippen LogP contribution in [0.2, 0.25) is 0 Å². The minimum absolute atomic E-state index is 0.0548. The molecule has 0 bridgehead atoms. The molecule has 3 N–H and O–H groups in total. The third kappa shape index (κ3) is 5.80. The van der Waals surface area contributed by atoms with Crippen LogP contribution in [0.15, 0.2) is 24.3 Å². The Balaban J connectivity index is 2.69. The van der Waals surface area contributed by atoms with Gasteiger partial charge in [0, 0.05) is 6.04 Å². The molecule has 1 rings (SSSR count). The van der Waals surface area contributed by atoms with Gasteiger partial charge in [-0.3, -0.25) is 4.79 Å². The fraction of sp³-hybridized carbons (Fsp3) is 0.467. The summed E-state index contributed by atoms with van der Waals surface area (Å²) in [4.78, 5) is 23.6. The topological polar surface area (TPSA) is 70.2 Å². The number of alkyl halides is 3. The molecule has 0 radical (unpaired) electrons. The molecule has 1 aromatic carbocycles. The second kappa shape index (κ2) is 7.85. The van der Waals surface area contributed by atoms with E-state index < -0.39 is 29.7 Å². The highest BCUT2D eigenvalue weighted by atomic mass is 19.4. The molecule has 0 aromatic heterocycles. The first-order valence-electron chi connectivity index (χ1n) is 7.19. The van der Waals surface area contributed by atoms with Gasteiger partial charge in [0.1, 0.15) is 6.04 Å². The summed E-state index contributed by atoms with van der Waals surface area (Å²) in [7, 11) is 0. The van der Waals surface area contributed by atoms with Crippen molar-refractivity contribution in [3.63, 3.8) is 0 Å². The highest BCUT2D eigenvalue weighted by Crippen LogP contribution is 2.34. The summed E-state index contributed by atoms with van der Waals surface area (Å²) in [5, 5.41) is 7.10. The summed E-state index contributed by atoms with van der Waals surface area (Å²) in [6.45, 7) is 5.15. The van der Waals surface area contributed by atoms with E-state index in [1.54, 1.807) is 0 Å². The van der Waals surface area contributed by atoms with Gasteiger partial charge in [0.2, 0.25) is 5.91 Å². The van der Waals surface area contributed by atoms with Gasteiger partial charge < -0.3 is 16.0 Å². The molecule has 0 saturated heterocycles. The monoisotopic (exact) mass is 331 g/mol. The van der Waals surface area contributed by atoms with E-state index in [1.165, 1.54) is 19.1 Å². The van der Waals surface area contributed by atoms with Crippen molar-refractivity contribution in [2.45, 2.75) is 45.5 Å². The Morgan fingerprint density at radius 1 is 1.13 bits per heavy atom. The van der Waals surface area contributed by atoms with Gasteiger partial charge >= 0.3 is 12.2 Å². The third-order valence-electron chi connectivity index (χ3n) is 3.22. The molecule has 0 heterocycles. The summed E-state index contributed by atoms with van der Waals surface area (Å²) >= 11 is 0. The van der Waals surface area contributed by atoms with Crippen molar-refractivity contribution in [2.24, 2.45) is 0 Å². The molecule has 2 atom stereocenters. The van der Waals surface area contributed by atoms with E-state index >= 15 is 0 Å². The number of anilines is 1. The number of halogens is 3. The molecular formula is C15H20F3N3O2. The van der Waals surface area contributed by atoms with Crippen molar-refractivity contribution in [3.8, 4) is 0 Å². The fourth-order valence-corrected chi connectivity index (χ4v) is 1.73. The summed E-state index contributed by atoms with van der Waals surface area (Å²) in [6, 6.07) is 2.82. The van der Waals surface area contributed by atoms with Crippen molar-refractivity contribution >= 4 is 17.6 Å². The summed E-state index contributed by atoms with van der Waals surface area (Å²) in [5.74, 6) is -0.404. The van der Waals surface area contributed by atoms with Crippen LogP contribution in [0.3, 0.4) is 0 Å². The first-order valence-corrected chi connectivity index (χ1v) is 7.19. The Morgan fingerprint density at radius 3 is 2.30 bits per heavy atom. The Hall–Kier alpha value is -2.25. The number of carbonyl (C=O) groups excluding carboxylic acids is 2. The third-order valence-corrected chi connectivity index (χ3v) is 3.22. The van der Waals surface area contributed by atoms with Crippen LogP contribution in [-0.4, -0.2) is 24.0 Å². The standard InChI is InChI=1S/C15H20F3N3O2/c1-4-9(2)19-13(22)10(3)20-14(23)21-12-8-6-5-7-11(12)15(16,17)18/h5-10H,4H2,1-3H3,(H,19,22)(H2,20,21,23)/t9-,10-/m0/s1. The van der Waals surface area contributed by atoms with Gasteiger partial charge in [-0.25, -0.2) is 4.79 Å². The number of nitrogens with one attached hydrogen (secondary N) is 3. The SMILES string of the molecule is CC[C@H](C)NC(=O)[C@H](C)NC(=O)Nc1ccccc1C(F)(F)F. The molecule has 0 unspecified atom stereocenters. The minimum Gasteiger partial charge on any atom is -0.352 e. The Kier molecular flexibility index (Phi) is 6.41. The lowest BCUT2D eigenvalue weighted by atomic mass is 10.1. The van der Waals surface area contributed by atoms with E-state index in [2.05, 4.69) is 16.0 Å². The van der Waals surface area contributed by atoms with Crippen LogP contribution in [0.5, 0.6) is 0 Å². The van der Waals surface area contributed by atoms with Gasteiger partial charge in [0.25, 0.3) is 0 Å². The van der Waals surface area contributed by atoms with Crippen LogP contribution in [0.1, 0.15) is 32.8 Å². The molecule has 128 valence electrons. The molecule has 0 fully saturated rings. The second-order valence-electron chi connectivity index (χ2n) is 5.18. The van der Waals surface area contributed by atoms with Gasteiger partial charge in [0.15, 0.2) is 0 Å². The second-order valence-corrected chi connectivity index (χ2v) is 5.18. The van der Waals surface area contributed by atoms with Gasteiger partial charge in [-0.2, -0.15) is 13.2 Å². The number of rotatable bonds is 5. The van der Waals surface area contributed by atoms with Crippen LogP contribution in [0.25, 0.3) is 0 Å². The summed E-state index contributed by atoms with van der Waals surface area (Å²) in [5.41, 5.74) is -1.32. The lowest BCUT2D eigenvalue weighted by Gasteiger charge is -2.18. The van der Waals surface area contributed by atoms with E-state index in [1.807, 2.05) is 13.8 Å². The largest absolute Gasteiger partial charge is 0.418 e. The molecule has 3 amide bonds. The number of hydrogen-bond donors (Lipinski definition) is 3. The molecular weight excluding hydrogens is 311 g/mol. The molecule has 0 saturated carbocycles. The van der Waals surface area contributed by atoms with E-state index in [0.717, 1.165) is 18.6 Å². The lowest BCUT2D eigenvalue weighted by molar-refractivity contribution is -0.137. The minimum atomic E-state index is -4.58. The summed E-state index contributed by atoms with van der Waals surface area (Å²) in [6.07, 6.45) is -3.85. The van der Waals surface area contributed by atoms with E-state index in [4.69, 9.17) is 0 Å². The van der Waals surface area contributed by atoms with E-state index in [9.17, 15) is 22.8 Å². The maximum absolute atomic E-state index is 12.8. The molecule has 8 heteroatoms. The summed E-state index contributed by atoms with van der Waals surface area (Å²) < 4.78 is 38.5. The number of benzene rings is 1. The molecule has 1 aromatic rings. The predicted molar refractivity (Wildman–Crippen MR) is 81.0 cm³/mol. The first-order chi connectivity index (χ1) is 10.6. The van der Waals surface area contributed by atoms with Crippen LogP contribution in [0.4, 0.5) is 23.7 Å². The van der Waals surface area contributed by atoms with Crippen molar-refractivity contribution in [2.75, 3.05) is 5.32 Å². The molecule has 5 nitrogen and oxygen atoms in total. The number of amides is 3. The molecule has 0 spiro atoms. The van der Waals surface area contributed by atoms with Crippen LogP contribution < -0.4 is 16.0 Å². The number of urea groups is 1. The lowest BCUT2D eigenvalue weighted by Crippen LogP contribution is -2.48. The maximum atomic E-state index is 12.8. The van der Waals surface area contributed by atoms with Crippen molar-refractivity contribution in [3.05, 3.63) is 29.8 Å². The quantitative estimate of drug-likeness (QED) is 0.776. The Bertz CT molecular complexity index is 561. The normalized spacial score (nSPS) is 13.8. The highest BCUT2D eigenvalue weighted by molar-refractivity contribution is 5.94. The van der Waals surface area contributed by atoms with Crippen LogP contribution >= 0.6 is 0 Å². The Morgan fingerprint density at radius 2 is 1.74 bits per heavy atom. The average Bonchev–Trinajstić information content (AvgIpc) is 2.46. The first kappa shape index (κ1) is 18.8. The van der Waals surface area contributed by atoms with E-state index in [0.29, 0.717) is 0 Å². The number of carbonyl (C=O) groups is 2. The fourth-order valence-electron chi connectivity index (χ4n) is 1.73. The molecule has 0 aliphatic rings. The van der Waals surface area contributed by atoms with Gasteiger partial charge in [-0.15, -0.1) is 0 Å². The molecule has 0 aliphatic carbocycles. The van der Waals surface area contributed by atoms with Crippen molar-refractivity contribution in [1.82, 2.24) is 10.6 Å². The van der Waals surface area contributed by atoms with E-state index in [-0.39, 0.29) is 11.7 Å². The highest BCUT2D eigenvalue weighted by Gasteiger charge is 2.33. The predicted octanol–water partition coefficient (Wildman–Crippen LogP) is 3.13. The molecule has 23 heavy (non-hydrogen) atoms. The maximum Gasteiger partial charge on any atom is 0.418 e. The average molecular weight is 331 g/mol. The van der Waals surface area contributed by atoms with Crippen LogP contribution in [0, 0.1) is 0 Å². The van der Waals surface area contributed by atoms with Crippen molar-refractivity contribution in [1.29, 1.82) is 0 Å². The van der Waals surface area contributed by atoms with Gasteiger partial charge in [-0.1, -0.05) is 19.1 Å². The smallest absolute Gasteiger partial charge is 0.352 e. The number of para-hydroxylation sites is 1. The van der Waals surface area contributed by atoms with Gasteiger partial charge in [0.05, 0.1) is 11.3 Å². The van der Waals surface area contributed by atoms with Crippen molar-refractivity contribution < 1.29 is 22.8 Å². The number of hydrogen-bond acceptors (Lipinski definition) is 2. The zero-order chi connectivity index (χ0) is 17.6. The zero-order valence-electron chi connectivity index (χ0n) is 13.1. The van der Waals surface area contributed by atoms with Gasteiger partial charge in [-0.05, 0) is 32.4 Å². The Labute approximate surface area is 132 Å². The zero-order valence-corrected chi connectivity index (χ0v) is 13.1. The van der Waals surface area contributed by atoms with Crippen LogP contribution in [-0.2, 0) is 11.0 Å². The molecule has 0 aliphatic heterocycles.